The van der Waals surface area contributed by atoms with Gasteiger partial charge in [-0.1, -0.05) is 43.3 Å². The van der Waals surface area contributed by atoms with Crippen LogP contribution in [0.2, 0.25) is 0 Å². The van der Waals surface area contributed by atoms with Crippen LogP contribution in [0.5, 0.6) is 5.75 Å². The third-order valence-corrected chi connectivity index (χ3v) is 4.61. The molecule has 0 spiro atoms. The third kappa shape index (κ3) is 3.70. The summed E-state index contributed by atoms with van der Waals surface area (Å²) < 4.78 is 7.44. The van der Waals surface area contributed by atoms with Gasteiger partial charge in [-0.15, -0.1) is 0 Å². The number of aliphatic hydroxyl groups excluding tert-OH is 1. The van der Waals surface area contributed by atoms with Crippen LogP contribution in [0.4, 0.5) is 0 Å². The summed E-state index contributed by atoms with van der Waals surface area (Å²) >= 11 is 0. The van der Waals surface area contributed by atoms with E-state index < -0.39 is 24.6 Å². The van der Waals surface area contributed by atoms with Gasteiger partial charge in [0.15, 0.2) is 12.7 Å². The second-order valence-corrected chi connectivity index (χ2v) is 6.42. The number of carbonyl (C=O) groups is 2. The van der Waals surface area contributed by atoms with Gasteiger partial charge in [-0.3, -0.25) is 4.79 Å². The summed E-state index contributed by atoms with van der Waals surface area (Å²) in [5.41, 5.74) is 8.28. The molecule has 3 aromatic rings. The summed E-state index contributed by atoms with van der Waals surface area (Å²) in [7, 11) is 0. The largest absolute Gasteiger partial charge is 0.481 e. The molecule has 0 radical (unpaired) electrons. The van der Waals surface area contributed by atoms with Crippen LogP contribution in [0.3, 0.4) is 0 Å². The van der Waals surface area contributed by atoms with Gasteiger partial charge in [-0.2, -0.15) is 0 Å². The van der Waals surface area contributed by atoms with Crippen LogP contribution in [0, 0.1) is 0 Å². The van der Waals surface area contributed by atoms with Gasteiger partial charge in [0.25, 0.3) is 5.91 Å². The Balaban J connectivity index is 2.26. The number of rotatable bonds is 8. The van der Waals surface area contributed by atoms with E-state index in [1.54, 1.807) is 12.1 Å². The molecule has 7 heteroatoms. The fraction of sp³-hybridized carbons (Fsp3) is 0.238. The van der Waals surface area contributed by atoms with Crippen molar-refractivity contribution in [3.05, 3.63) is 65.4 Å². The summed E-state index contributed by atoms with van der Waals surface area (Å²) in [6, 6.07) is 15.0. The van der Waals surface area contributed by atoms with E-state index in [9.17, 15) is 14.7 Å². The van der Waals surface area contributed by atoms with Gasteiger partial charge in [0.05, 0.1) is 5.52 Å². The lowest BCUT2D eigenvalue weighted by Gasteiger charge is -2.13. The molecule has 0 saturated heterocycles. The molecule has 0 fully saturated rings. The lowest BCUT2D eigenvalue weighted by atomic mass is 10.0. The number of carboxylic acids is 1. The summed E-state index contributed by atoms with van der Waals surface area (Å²) in [6.07, 6.45) is -0.983. The highest BCUT2D eigenvalue weighted by Gasteiger charge is 2.27. The molecule has 7 nitrogen and oxygen atoms in total. The van der Waals surface area contributed by atoms with Crippen molar-refractivity contribution in [2.24, 2.45) is 5.73 Å². The Kier molecular flexibility index (Phi) is 5.65. The molecule has 1 atom stereocenters. The topological polar surface area (TPSA) is 115 Å². The summed E-state index contributed by atoms with van der Waals surface area (Å²) in [4.78, 5) is 22.7. The second-order valence-electron chi connectivity index (χ2n) is 6.42. The number of carboxylic acid groups (broad SMARTS) is 1. The van der Waals surface area contributed by atoms with Crippen molar-refractivity contribution in [1.82, 2.24) is 4.57 Å². The number of carbonyl (C=O) groups excluding carboxylic acids is 1. The Bertz CT molecular complexity index is 1010. The number of benzene rings is 2. The van der Waals surface area contributed by atoms with E-state index in [2.05, 4.69) is 0 Å². The third-order valence-electron chi connectivity index (χ3n) is 4.61. The molecule has 0 saturated carbocycles. The van der Waals surface area contributed by atoms with Crippen molar-refractivity contribution in [2.75, 3.05) is 6.61 Å². The molecular formula is C21H22N2O5. The molecule has 28 heavy (non-hydrogen) atoms. The molecule has 4 N–H and O–H groups in total. The van der Waals surface area contributed by atoms with E-state index in [0.29, 0.717) is 23.9 Å². The molecule has 146 valence electrons. The number of amides is 1. The van der Waals surface area contributed by atoms with Crippen LogP contribution in [-0.2, 0) is 22.6 Å². The van der Waals surface area contributed by atoms with Crippen LogP contribution in [0.25, 0.3) is 10.9 Å². The van der Waals surface area contributed by atoms with E-state index in [4.69, 9.17) is 15.6 Å². The number of ether oxygens (including phenoxy) is 1. The highest BCUT2D eigenvalue weighted by molar-refractivity contribution is 5.96. The lowest BCUT2D eigenvalue weighted by molar-refractivity contribution is -0.139. The first kappa shape index (κ1) is 19.4. The fourth-order valence-electron chi connectivity index (χ4n) is 3.47. The maximum absolute atomic E-state index is 11.8. The van der Waals surface area contributed by atoms with Crippen LogP contribution >= 0.6 is 0 Å². The van der Waals surface area contributed by atoms with Gasteiger partial charge in [-0.25, -0.2) is 4.79 Å². The first-order valence-corrected chi connectivity index (χ1v) is 8.93. The highest BCUT2D eigenvalue weighted by Crippen LogP contribution is 2.38. The minimum Gasteiger partial charge on any atom is -0.481 e. The standard InChI is InChI=1S/C21H22N2O5/c1-2-14-19(20(26)21(22)27)18-15(9-6-10-16(18)28-12-17(24)25)23(14)11-13-7-4-3-5-8-13/h3-10,20,26H,2,11-12H2,1H3,(H2,22,27)(H,24,25). The second kappa shape index (κ2) is 8.14. The van der Waals surface area contributed by atoms with Crippen LogP contribution < -0.4 is 10.5 Å². The van der Waals surface area contributed by atoms with Crippen molar-refractivity contribution < 1.29 is 24.5 Å². The van der Waals surface area contributed by atoms with Gasteiger partial charge in [0.2, 0.25) is 0 Å². The van der Waals surface area contributed by atoms with E-state index in [1.165, 1.54) is 0 Å². The van der Waals surface area contributed by atoms with Gasteiger partial charge in [0, 0.05) is 23.2 Å². The maximum Gasteiger partial charge on any atom is 0.341 e. The van der Waals surface area contributed by atoms with Gasteiger partial charge in [-0.05, 0) is 24.1 Å². The zero-order valence-electron chi connectivity index (χ0n) is 15.5. The van der Waals surface area contributed by atoms with E-state index in [1.807, 2.05) is 47.9 Å². The maximum atomic E-state index is 11.8. The monoisotopic (exact) mass is 382 g/mol. The minimum atomic E-state index is -1.52. The molecule has 3 rings (SSSR count). The summed E-state index contributed by atoms with van der Waals surface area (Å²) in [5, 5.41) is 20.0. The number of nitrogens with zero attached hydrogens (tertiary/aromatic N) is 1. The fourth-order valence-corrected chi connectivity index (χ4v) is 3.47. The molecule has 1 aromatic heterocycles. The smallest absolute Gasteiger partial charge is 0.341 e. The zero-order chi connectivity index (χ0) is 20.3. The molecule has 1 heterocycles. The van der Waals surface area contributed by atoms with Crippen molar-refractivity contribution in [3.8, 4) is 5.75 Å². The van der Waals surface area contributed by atoms with Gasteiger partial charge < -0.3 is 25.3 Å². The van der Waals surface area contributed by atoms with E-state index in [-0.39, 0.29) is 5.75 Å². The molecule has 0 bridgehead atoms. The normalized spacial score (nSPS) is 12.1. The number of hydrogen-bond donors (Lipinski definition) is 3. The van der Waals surface area contributed by atoms with Crippen molar-refractivity contribution in [3.63, 3.8) is 0 Å². The Morgan fingerprint density at radius 2 is 1.86 bits per heavy atom. The van der Waals surface area contributed by atoms with Gasteiger partial charge >= 0.3 is 5.97 Å². The first-order chi connectivity index (χ1) is 13.4. The number of nitrogens with two attached hydrogens (primary N) is 1. The average Bonchev–Trinajstić information content (AvgIpc) is 3.00. The van der Waals surface area contributed by atoms with Crippen LogP contribution in [0.15, 0.2) is 48.5 Å². The molecule has 0 aliphatic heterocycles. The molecule has 0 aliphatic rings. The average molecular weight is 382 g/mol. The molecule has 2 aromatic carbocycles. The highest BCUT2D eigenvalue weighted by atomic mass is 16.5. The lowest BCUT2D eigenvalue weighted by Crippen LogP contribution is -2.22. The molecule has 0 aliphatic carbocycles. The predicted molar refractivity (Wildman–Crippen MR) is 104 cm³/mol. The van der Waals surface area contributed by atoms with Crippen molar-refractivity contribution >= 4 is 22.8 Å². The molecule has 1 amide bonds. The van der Waals surface area contributed by atoms with Gasteiger partial charge in [0.1, 0.15) is 5.75 Å². The number of aromatic nitrogens is 1. The predicted octanol–water partition coefficient (Wildman–Crippen LogP) is 2.23. The molecular weight excluding hydrogens is 360 g/mol. The Labute approximate surface area is 162 Å². The summed E-state index contributed by atoms with van der Waals surface area (Å²) in [6.45, 7) is 1.91. The quantitative estimate of drug-likeness (QED) is 0.553. The van der Waals surface area contributed by atoms with E-state index in [0.717, 1.165) is 16.8 Å². The zero-order valence-corrected chi connectivity index (χ0v) is 15.5. The number of fused-ring (bicyclic) bond motifs is 1. The number of aliphatic carboxylic acids is 1. The Morgan fingerprint density at radius 1 is 1.14 bits per heavy atom. The first-order valence-electron chi connectivity index (χ1n) is 8.93. The van der Waals surface area contributed by atoms with Crippen molar-refractivity contribution in [2.45, 2.75) is 26.0 Å². The van der Waals surface area contributed by atoms with Crippen molar-refractivity contribution in [1.29, 1.82) is 0 Å². The van der Waals surface area contributed by atoms with E-state index >= 15 is 0 Å². The Hall–Kier alpha value is -3.32. The number of aliphatic hydroxyl groups is 1. The Morgan fingerprint density at radius 3 is 2.46 bits per heavy atom. The number of hydrogen-bond acceptors (Lipinski definition) is 4. The number of primary amides is 1. The SMILES string of the molecule is CCc1c(C(O)C(N)=O)c2c(OCC(=O)O)cccc2n1Cc1ccccc1. The van der Waals surface area contributed by atoms with Crippen LogP contribution in [0.1, 0.15) is 29.8 Å². The molecule has 1 unspecified atom stereocenters. The summed E-state index contributed by atoms with van der Waals surface area (Å²) in [5.74, 6) is -1.70. The van der Waals surface area contributed by atoms with Crippen LogP contribution in [-0.4, -0.2) is 33.3 Å². The minimum absolute atomic E-state index is 0.289.